The highest BCUT2D eigenvalue weighted by Gasteiger charge is 2.49. The zero-order chi connectivity index (χ0) is 17.4. The van der Waals surface area contributed by atoms with E-state index in [0.29, 0.717) is 0 Å². The quantitative estimate of drug-likeness (QED) is 0.512. The Balaban J connectivity index is 2.12. The van der Waals surface area contributed by atoms with Gasteiger partial charge in [0.1, 0.15) is 30.0 Å². The third-order valence-electron chi connectivity index (χ3n) is 4.73. The smallest absolute Gasteiger partial charge is 0.187 e. The minimum Gasteiger partial charge on any atom is -0.394 e. The molecule has 0 spiro atoms. The molecule has 0 radical (unpaired) electrons. The van der Waals surface area contributed by atoms with Crippen molar-refractivity contribution in [3.05, 3.63) is 12.7 Å². The minimum atomic E-state index is -1.47. The molecule has 134 valence electrons. The summed E-state index contributed by atoms with van der Waals surface area (Å²) in [5, 5.41) is 39.0. The summed E-state index contributed by atoms with van der Waals surface area (Å²) in [5.41, 5.74) is -1.21. The van der Waals surface area contributed by atoms with Crippen LogP contribution >= 0.6 is 0 Å². The van der Waals surface area contributed by atoms with Gasteiger partial charge in [-0.05, 0) is 33.6 Å². The molecule has 0 aromatic carbocycles. The number of ether oxygens (including phenoxy) is 3. The Bertz CT molecular complexity index is 425. The Kier molecular flexibility index (Phi) is 5.52. The molecule has 0 saturated carbocycles. The Morgan fingerprint density at radius 2 is 1.91 bits per heavy atom. The summed E-state index contributed by atoms with van der Waals surface area (Å²) in [5.74, 6) is 0. The highest BCUT2D eigenvalue weighted by atomic mass is 16.7. The van der Waals surface area contributed by atoms with Crippen molar-refractivity contribution in [2.24, 2.45) is 0 Å². The predicted octanol–water partition coefficient (Wildman–Crippen LogP) is -0.295. The molecule has 2 rings (SSSR count). The minimum absolute atomic E-state index is 0.270. The van der Waals surface area contributed by atoms with Crippen molar-refractivity contribution in [2.75, 3.05) is 6.61 Å². The Morgan fingerprint density at radius 1 is 1.26 bits per heavy atom. The monoisotopic (exact) mass is 332 g/mol. The first-order valence-electron chi connectivity index (χ1n) is 7.93. The van der Waals surface area contributed by atoms with Crippen LogP contribution in [0, 0.1) is 0 Å². The summed E-state index contributed by atoms with van der Waals surface area (Å²) >= 11 is 0. The van der Waals surface area contributed by atoms with E-state index in [0.717, 1.165) is 12.8 Å². The third-order valence-corrected chi connectivity index (χ3v) is 4.73. The average Bonchev–Trinajstić information content (AvgIpc) is 2.88. The van der Waals surface area contributed by atoms with Crippen molar-refractivity contribution >= 4 is 0 Å². The van der Waals surface area contributed by atoms with E-state index in [1.165, 1.54) is 0 Å². The molecule has 0 aliphatic carbocycles. The van der Waals surface area contributed by atoms with Gasteiger partial charge in [0.05, 0.1) is 18.3 Å². The van der Waals surface area contributed by atoms with Crippen molar-refractivity contribution in [3.63, 3.8) is 0 Å². The second-order valence-corrected chi connectivity index (χ2v) is 7.11. The number of rotatable bonds is 5. The molecule has 2 aliphatic heterocycles. The van der Waals surface area contributed by atoms with Gasteiger partial charge in [0.2, 0.25) is 0 Å². The second-order valence-electron chi connectivity index (χ2n) is 7.11. The maximum atomic E-state index is 10.1. The van der Waals surface area contributed by atoms with Crippen molar-refractivity contribution in [1.82, 2.24) is 0 Å². The van der Waals surface area contributed by atoms with Crippen LogP contribution in [0.2, 0.25) is 0 Å². The lowest BCUT2D eigenvalue weighted by Gasteiger charge is -2.44. The molecular weight excluding hydrogens is 304 g/mol. The number of aliphatic hydroxyl groups is 4. The van der Waals surface area contributed by atoms with Gasteiger partial charge in [0.25, 0.3) is 0 Å². The van der Waals surface area contributed by atoms with Crippen LogP contribution in [-0.2, 0) is 14.2 Å². The molecule has 2 fully saturated rings. The van der Waals surface area contributed by atoms with E-state index in [-0.39, 0.29) is 11.7 Å². The fourth-order valence-corrected chi connectivity index (χ4v) is 3.06. The van der Waals surface area contributed by atoms with Gasteiger partial charge >= 0.3 is 0 Å². The lowest BCUT2D eigenvalue weighted by atomic mass is 9.94. The van der Waals surface area contributed by atoms with E-state index < -0.39 is 42.9 Å². The van der Waals surface area contributed by atoms with Crippen LogP contribution in [0.5, 0.6) is 0 Å². The average molecular weight is 332 g/mol. The van der Waals surface area contributed by atoms with Gasteiger partial charge in [0.15, 0.2) is 6.29 Å². The molecule has 2 aliphatic rings. The van der Waals surface area contributed by atoms with Crippen molar-refractivity contribution in [2.45, 2.75) is 81.6 Å². The van der Waals surface area contributed by atoms with E-state index >= 15 is 0 Å². The van der Waals surface area contributed by atoms with Crippen LogP contribution in [0.1, 0.15) is 33.6 Å². The number of hydrogen-bond donors (Lipinski definition) is 4. The van der Waals surface area contributed by atoms with Crippen LogP contribution in [0.3, 0.4) is 0 Å². The fourth-order valence-electron chi connectivity index (χ4n) is 3.06. The zero-order valence-electron chi connectivity index (χ0n) is 13.9. The molecule has 0 unspecified atom stereocenters. The van der Waals surface area contributed by atoms with E-state index in [2.05, 4.69) is 6.58 Å². The lowest BCUT2D eigenvalue weighted by molar-refractivity contribution is -0.328. The largest absolute Gasteiger partial charge is 0.394 e. The van der Waals surface area contributed by atoms with Gasteiger partial charge in [0, 0.05) is 0 Å². The summed E-state index contributed by atoms with van der Waals surface area (Å²) < 4.78 is 17.3. The normalized spacial score (nSPS) is 43.1. The molecule has 2 saturated heterocycles. The molecule has 7 atom stereocenters. The molecule has 23 heavy (non-hydrogen) atoms. The van der Waals surface area contributed by atoms with Crippen LogP contribution in [0.4, 0.5) is 0 Å². The molecule has 7 heteroatoms. The first-order chi connectivity index (χ1) is 10.6. The second kappa shape index (κ2) is 6.76. The van der Waals surface area contributed by atoms with Gasteiger partial charge in [-0.15, -0.1) is 6.58 Å². The number of aliphatic hydroxyl groups excluding tert-OH is 4. The molecule has 0 bridgehead atoms. The van der Waals surface area contributed by atoms with Crippen LogP contribution in [-0.4, -0.2) is 75.0 Å². The molecule has 0 aromatic rings. The maximum Gasteiger partial charge on any atom is 0.187 e. The van der Waals surface area contributed by atoms with E-state index in [1.54, 1.807) is 13.0 Å². The molecule has 0 amide bonds. The third kappa shape index (κ3) is 3.76. The highest BCUT2D eigenvalue weighted by Crippen LogP contribution is 2.38. The molecule has 2 heterocycles. The highest BCUT2D eigenvalue weighted by molar-refractivity contribution is 5.05. The number of hydrogen-bond acceptors (Lipinski definition) is 7. The molecule has 0 aromatic heterocycles. The Labute approximate surface area is 136 Å². The van der Waals surface area contributed by atoms with Crippen LogP contribution < -0.4 is 0 Å². The van der Waals surface area contributed by atoms with E-state index in [9.17, 15) is 20.4 Å². The Morgan fingerprint density at radius 3 is 2.39 bits per heavy atom. The maximum absolute atomic E-state index is 10.1. The first kappa shape index (κ1) is 18.8. The standard InChI is InChI=1S/C16H28O7/c1-5-16(4,10-6-7-15(2,3)22-10)23-14-13(20)12(19)11(18)9(8-17)21-14/h5,9-14,17-20H,1,6-8H2,2-4H3/t9-,10-,11+,12+,13-,14+,16-/m1/s1. The SMILES string of the molecule is C=C[C@@](C)(O[C@@H]1O[C@H](CO)[C@H](O)[C@H](O)[C@H]1O)[C@H]1CCC(C)(C)O1. The van der Waals surface area contributed by atoms with Crippen molar-refractivity contribution in [3.8, 4) is 0 Å². The van der Waals surface area contributed by atoms with Crippen LogP contribution in [0.15, 0.2) is 12.7 Å². The van der Waals surface area contributed by atoms with Gasteiger partial charge in [-0.2, -0.15) is 0 Å². The zero-order valence-corrected chi connectivity index (χ0v) is 13.9. The summed E-state index contributed by atoms with van der Waals surface area (Å²) in [6.07, 6.45) is -3.61. The van der Waals surface area contributed by atoms with Gasteiger partial charge in [-0.1, -0.05) is 6.08 Å². The van der Waals surface area contributed by atoms with Crippen molar-refractivity contribution < 1.29 is 34.6 Å². The summed E-state index contributed by atoms with van der Waals surface area (Å²) in [6, 6.07) is 0. The molecule has 4 N–H and O–H groups in total. The lowest BCUT2D eigenvalue weighted by Crippen LogP contribution is -2.61. The molecule has 7 nitrogen and oxygen atoms in total. The van der Waals surface area contributed by atoms with Gasteiger partial charge in [-0.3, -0.25) is 0 Å². The van der Waals surface area contributed by atoms with Gasteiger partial charge < -0.3 is 34.6 Å². The summed E-state index contributed by atoms with van der Waals surface area (Å²) in [7, 11) is 0. The van der Waals surface area contributed by atoms with E-state index in [4.69, 9.17) is 14.2 Å². The van der Waals surface area contributed by atoms with Crippen molar-refractivity contribution in [1.29, 1.82) is 0 Å². The van der Waals surface area contributed by atoms with E-state index in [1.807, 2.05) is 13.8 Å². The summed E-state index contributed by atoms with van der Waals surface area (Å²) in [6.45, 7) is 9.04. The summed E-state index contributed by atoms with van der Waals surface area (Å²) in [4.78, 5) is 0. The Hall–Kier alpha value is -0.540. The predicted molar refractivity (Wildman–Crippen MR) is 81.6 cm³/mol. The fraction of sp³-hybridized carbons (Fsp3) is 0.875. The topological polar surface area (TPSA) is 109 Å². The molecular formula is C16H28O7. The first-order valence-corrected chi connectivity index (χ1v) is 7.93. The van der Waals surface area contributed by atoms with Gasteiger partial charge in [-0.25, -0.2) is 0 Å². The van der Waals surface area contributed by atoms with Crippen LogP contribution in [0.25, 0.3) is 0 Å².